The summed E-state index contributed by atoms with van der Waals surface area (Å²) in [6.07, 6.45) is 5.29. The molecule has 0 saturated carbocycles. The lowest BCUT2D eigenvalue weighted by Crippen LogP contribution is -2.18. The summed E-state index contributed by atoms with van der Waals surface area (Å²) in [4.78, 5) is 15.6. The van der Waals surface area contributed by atoms with Crippen molar-refractivity contribution in [3.63, 3.8) is 0 Å². The molecule has 106 valence electrons. The van der Waals surface area contributed by atoms with Gasteiger partial charge in [-0.3, -0.25) is 4.79 Å². The molecule has 1 aromatic heterocycles. The highest BCUT2D eigenvalue weighted by atomic mass is 35.5. The first-order valence-corrected chi connectivity index (χ1v) is 6.87. The maximum Gasteiger partial charge on any atom is 0.306 e. The van der Waals surface area contributed by atoms with Crippen LogP contribution in [-0.2, 0) is 24.7 Å². The largest absolute Gasteiger partial charge is 0.481 e. The van der Waals surface area contributed by atoms with Crippen molar-refractivity contribution >= 4 is 17.6 Å². The van der Waals surface area contributed by atoms with Gasteiger partial charge in [-0.1, -0.05) is 23.7 Å². The Morgan fingerprint density at radius 1 is 1.50 bits per heavy atom. The molecule has 0 bridgehead atoms. The van der Waals surface area contributed by atoms with Crippen LogP contribution in [0.2, 0.25) is 5.02 Å². The Morgan fingerprint density at radius 3 is 2.90 bits per heavy atom. The second-order valence-electron chi connectivity index (χ2n) is 4.86. The summed E-state index contributed by atoms with van der Waals surface area (Å²) in [5.41, 5.74) is 0.949. The van der Waals surface area contributed by atoms with Gasteiger partial charge in [-0.2, -0.15) is 0 Å². The van der Waals surface area contributed by atoms with Gasteiger partial charge < -0.3 is 9.67 Å². The molecule has 2 rings (SSSR count). The molecule has 0 aliphatic carbocycles. The van der Waals surface area contributed by atoms with Crippen molar-refractivity contribution < 1.29 is 9.90 Å². The van der Waals surface area contributed by atoms with E-state index in [2.05, 4.69) is 4.98 Å². The lowest BCUT2D eigenvalue weighted by Gasteiger charge is -2.12. The minimum Gasteiger partial charge on any atom is -0.481 e. The van der Waals surface area contributed by atoms with Gasteiger partial charge in [0.05, 0.1) is 5.92 Å². The van der Waals surface area contributed by atoms with Gasteiger partial charge in [0.15, 0.2) is 0 Å². The van der Waals surface area contributed by atoms with Crippen molar-refractivity contribution in [2.45, 2.75) is 19.3 Å². The normalized spacial score (nSPS) is 12.3. The second kappa shape index (κ2) is 6.57. The standard InChI is InChI=1S/C15H17ClN2O2/c1-18-8-7-17-14(18)6-5-12(15(19)20)9-11-3-2-4-13(16)10-11/h2-4,7-8,10,12H,5-6,9H2,1H3,(H,19,20). The van der Waals surface area contributed by atoms with E-state index >= 15 is 0 Å². The zero-order valence-electron chi connectivity index (χ0n) is 11.3. The van der Waals surface area contributed by atoms with Gasteiger partial charge in [-0.05, 0) is 30.5 Å². The van der Waals surface area contributed by atoms with Gasteiger partial charge >= 0.3 is 5.97 Å². The Hall–Kier alpha value is -1.81. The van der Waals surface area contributed by atoms with E-state index in [1.54, 1.807) is 12.3 Å². The lowest BCUT2D eigenvalue weighted by molar-refractivity contribution is -0.141. The topological polar surface area (TPSA) is 55.1 Å². The van der Waals surface area contributed by atoms with Gasteiger partial charge in [0.1, 0.15) is 5.82 Å². The number of nitrogens with zero attached hydrogens (tertiary/aromatic N) is 2. The molecule has 5 heteroatoms. The molecule has 1 unspecified atom stereocenters. The number of hydrogen-bond donors (Lipinski definition) is 1. The molecule has 0 spiro atoms. The third-order valence-corrected chi connectivity index (χ3v) is 3.59. The first kappa shape index (κ1) is 14.6. The van der Waals surface area contributed by atoms with E-state index in [9.17, 15) is 9.90 Å². The Kier molecular flexibility index (Phi) is 4.79. The average Bonchev–Trinajstić information content (AvgIpc) is 2.80. The van der Waals surface area contributed by atoms with Crippen LogP contribution in [0.5, 0.6) is 0 Å². The van der Waals surface area contributed by atoms with Crippen LogP contribution in [0.1, 0.15) is 17.8 Å². The highest BCUT2D eigenvalue weighted by Gasteiger charge is 2.18. The van der Waals surface area contributed by atoms with E-state index in [-0.39, 0.29) is 0 Å². The van der Waals surface area contributed by atoms with E-state index in [1.807, 2.05) is 36.0 Å². The minimum absolute atomic E-state index is 0.426. The fourth-order valence-corrected chi connectivity index (χ4v) is 2.41. The SMILES string of the molecule is Cn1ccnc1CCC(Cc1cccc(Cl)c1)C(=O)O. The quantitative estimate of drug-likeness (QED) is 0.890. The van der Waals surface area contributed by atoms with E-state index < -0.39 is 11.9 Å². The number of carboxylic acid groups (broad SMARTS) is 1. The third-order valence-electron chi connectivity index (χ3n) is 3.36. The molecule has 1 N–H and O–H groups in total. The summed E-state index contributed by atoms with van der Waals surface area (Å²) in [6.45, 7) is 0. The summed E-state index contributed by atoms with van der Waals surface area (Å²) in [5.74, 6) is -0.299. The van der Waals surface area contributed by atoms with Crippen LogP contribution in [-0.4, -0.2) is 20.6 Å². The van der Waals surface area contributed by atoms with Crippen LogP contribution < -0.4 is 0 Å². The Labute approximate surface area is 123 Å². The molecule has 20 heavy (non-hydrogen) atoms. The summed E-state index contributed by atoms with van der Waals surface area (Å²) in [5, 5.41) is 9.98. The number of carboxylic acids is 1. The molecule has 0 amide bonds. The molecule has 0 fully saturated rings. The van der Waals surface area contributed by atoms with E-state index in [0.29, 0.717) is 24.3 Å². The van der Waals surface area contributed by atoms with Crippen molar-refractivity contribution in [1.82, 2.24) is 9.55 Å². The van der Waals surface area contributed by atoms with Crippen LogP contribution in [0.3, 0.4) is 0 Å². The highest BCUT2D eigenvalue weighted by Crippen LogP contribution is 2.18. The van der Waals surface area contributed by atoms with Crippen molar-refractivity contribution in [3.05, 3.63) is 53.1 Å². The summed E-state index contributed by atoms with van der Waals surface area (Å²) < 4.78 is 1.91. The minimum atomic E-state index is -0.779. The molecular formula is C15H17ClN2O2. The number of halogens is 1. The maximum atomic E-state index is 11.4. The van der Waals surface area contributed by atoms with Crippen molar-refractivity contribution in [2.75, 3.05) is 0 Å². The number of benzene rings is 1. The van der Waals surface area contributed by atoms with Gasteiger partial charge in [-0.25, -0.2) is 4.98 Å². The first-order chi connectivity index (χ1) is 9.56. The number of carbonyl (C=O) groups is 1. The summed E-state index contributed by atoms with van der Waals surface area (Å²) in [7, 11) is 1.91. The number of rotatable bonds is 6. The molecular weight excluding hydrogens is 276 g/mol. The average molecular weight is 293 g/mol. The van der Waals surface area contributed by atoms with Crippen LogP contribution in [0.4, 0.5) is 0 Å². The smallest absolute Gasteiger partial charge is 0.306 e. The zero-order valence-corrected chi connectivity index (χ0v) is 12.0. The molecule has 0 aliphatic heterocycles. The van der Waals surface area contributed by atoms with Gasteiger partial charge in [0, 0.05) is 30.9 Å². The molecule has 0 aliphatic rings. The maximum absolute atomic E-state index is 11.4. The lowest BCUT2D eigenvalue weighted by atomic mass is 9.95. The molecule has 1 aromatic carbocycles. The Bertz CT molecular complexity index is 595. The summed E-state index contributed by atoms with van der Waals surface area (Å²) >= 11 is 5.93. The van der Waals surface area contributed by atoms with Crippen molar-refractivity contribution in [3.8, 4) is 0 Å². The van der Waals surface area contributed by atoms with Crippen molar-refractivity contribution in [2.24, 2.45) is 13.0 Å². The van der Waals surface area contributed by atoms with Gasteiger partial charge in [0.2, 0.25) is 0 Å². The van der Waals surface area contributed by atoms with Crippen LogP contribution >= 0.6 is 11.6 Å². The number of imidazole rings is 1. The first-order valence-electron chi connectivity index (χ1n) is 6.49. The highest BCUT2D eigenvalue weighted by molar-refractivity contribution is 6.30. The molecule has 4 nitrogen and oxygen atoms in total. The fraction of sp³-hybridized carbons (Fsp3) is 0.333. The number of aryl methyl sites for hydroxylation is 2. The predicted octanol–water partition coefficient (Wildman–Crippen LogP) is 2.95. The molecule has 0 radical (unpaired) electrons. The van der Waals surface area contributed by atoms with E-state index in [4.69, 9.17) is 11.6 Å². The number of aromatic nitrogens is 2. The fourth-order valence-electron chi connectivity index (χ4n) is 2.20. The van der Waals surface area contributed by atoms with Crippen LogP contribution in [0.15, 0.2) is 36.7 Å². The number of hydrogen-bond acceptors (Lipinski definition) is 2. The monoisotopic (exact) mass is 292 g/mol. The molecule has 2 aromatic rings. The third kappa shape index (κ3) is 3.84. The second-order valence-corrected chi connectivity index (χ2v) is 5.30. The number of aliphatic carboxylic acids is 1. The Morgan fingerprint density at radius 2 is 2.30 bits per heavy atom. The van der Waals surface area contributed by atoms with Crippen molar-refractivity contribution in [1.29, 1.82) is 0 Å². The zero-order chi connectivity index (χ0) is 14.5. The molecule has 1 heterocycles. The Balaban J connectivity index is 2.01. The van der Waals surface area contributed by atoms with E-state index in [1.165, 1.54) is 0 Å². The summed E-state index contributed by atoms with van der Waals surface area (Å²) in [6, 6.07) is 7.35. The molecule has 1 atom stereocenters. The molecule has 0 saturated heterocycles. The predicted molar refractivity (Wildman–Crippen MR) is 77.8 cm³/mol. The van der Waals surface area contributed by atoms with Crippen LogP contribution in [0, 0.1) is 5.92 Å². The van der Waals surface area contributed by atoms with Gasteiger partial charge in [-0.15, -0.1) is 0 Å². The van der Waals surface area contributed by atoms with Gasteiger partial charge in [0.25, 0.3) is 0 Å². The van der Waals surface area contributed by atoms with Crippen LogP contribution in [0.25, 0.3) is 0 Å². The van der Waals surface area contributed by atoms with E-state index in [0.717, 1.165) is 11.4 Å².